The van der Waals surface area contributed by atoms with Gasteiger partial charge < -0.3 is 14.8 Å². The maximum atomic E-state index is 12.2. The lowest BCUT2D eigenvalue weighted by Crippen LogP contribution is -2.24. The molecule has 144 valence electrons. The number of esters is 2. The second kappa shape index (κ2) is 8.07. The van der Waals surface area contributed by atoms with Crippen LogP contribution in [0.3, 0.4) is 0 Å². The molecule has 9 heteroatoms. The van der Waals surface area contributed by atoms with Gasteiger partial charge in [0, 0.05) is 15.4 Å². The molecule has 3 aromatic rings. The van der Waals surface area contributed by atoms with Crippen molar-refractivity contribution < 1.29 is 23.9 Å². The fourth-order valence-electron chi connectivity index (χ4n) is 2.66. The van der Waals surface area contributed by atoms with Gasteiger partial charge in [0.1, 0.15) is 9.71 Å². The number of halogens is 1. The van der Waals surface area contributed by atoms with E-state index in [1.54, 1.807) is 0 Å². The number of hydrogen-bond acceptors (Lipinski definition) is 7. The predicted octanol–water partition coefficient (Wildman–Crippen LogP) is 3.93. The van der Waals surface area contributed by atoms with Gasteiger partial charge in [-0.05, 0) is 30.7 Å². The summed E-state index contributed by atoms with van der Waals surface area (Å²) in [6.07, 6.45) is 0. The van der Waals surface area contributed by atoms with E-state index in [4.69, 9.17) is 4.74 Å². The van der Waals surface area contributed by atoms with E-state index >= 15 is 0 Å². The Bertz CT molecular complexity index is 1090. The molecule has 0 atom stereocenters. The summed E-state index contributed by atoms with van der Waals surface area (Å²) in [5.74, 6) is -2.68. The highest BCUT2D eigenvalue weighted by Gasteiger charge is 2.25. The van der Waals surface area contributed by atoms with Crippen molar-refractivity contribution in [2.45, 2.75) is 6.92 Å². The molecule has 0 aliphatic heterocycles. The van der Waals surface area contributed by atoms with Gasteiger partial charge in [0.25, 0.3) is 0 Å². The van der Waals surface area contributed by atoms with Crippen LogP contribution < -0.4 is 5.32 Å². The molecule has 0 aliphatic rings. The maximum absolute atomic E-state index is 12.2. The second-order valence-electron chi connectivity index (χ2n) is 5.75. The molecule has 0 saturated carbocycles. The number of aromatic nitrogens is 1. The Balaban J connectivity index is 2.18. The Morgan fingerprint density at radius 2 is 1.79 bits per heavy atom. The monoisotopic (exact) mass is 462 g/mol. The van der Waals surface area contributed by atoms with E-state index in [-0.39, 0.29) is 10.6 Å². The molecule has 1 amide bonds. The number of ether oxygens (including phenoxy) is 2. The third-order valence-corrected chi connectivity index (χ3v) is 5.57. The molecule has 2 heterocycles. The number of pyridine rings is 1. The van der Waals surface area contributed by atoms with Crippen molar-refractivity contribution in [2.24, 2.45) is 0 Å². The Kier molecular flexibility index (Phi) is 5.76. The van der Waals surface area contributed by atoms with Gasteiger partial charge in [0.05, 0.1) is 25.6 Å². The van der Waals surface area contributed by atoms with Gasteiger partial charge in [0.2, 0.25) is 0 Å². The van der Waals surface area contributed by atoms with Crippen LogP contribution in [0.15, 0.2) is 34.8 Å². The van der Waals surface area contributed by atoms with Gasteiger partial charge in [-0.25, -0.2) is 14.6 Å². The quantitative estimate of drug-likeness (QED) is 0.467. The van der Waals surface area contributed by atoms with Crippen molar-refractivity contribution in [2.75, 3.05) is 19.5 Å². The van der Waals surface area contributed by atoms with E-state index in [9.17, 15) is 14.4 Å². The maximum Gasteiger partial charge on any atom is 0.396 e. The van der Waals surface area contributed by atoms with Gasteiger partial charge in [-0.2, -0.15) is 0 Å². The van der Waals surface area contributed by atoms with Gasteiger partial charge in [-0.1, -0.05) is 28.1 Å². The minimum Gasteiger partial charge on any atom is -0.465 e. The van der Waals surface area contributed by atoms with Crippen LogP contribution in [0.25, 0.3) is 21.5 Å². The fraction of sp³-hybridized carbons (Fsp3) is 0.158. The van der Waals surface area contributed by atoms with Crippen molar-refractivity contribution in [3.63, 3.8) is 0 Å². The van der Waals surface area contributed by atoms with Crippen molar-refractivity contribution in [3.05, 3.63) is 45.2 Å². The van der Waals surface area contributed by atoms with E-state index < -0.39 is 17.8 Å². The molecule has 0 spiro atoms. The van der Waals surface area contributed by atoms with Crippen LogP contribution in [0, 0.1) is 6.92 Å². The Labute approximate surface area is 172 Å². The number of carbonyl (C=O) groups excluding carboxylic acids is 3. The number of hydrogen-bond donors (Lipinski definition) is 1. The largest absolute Gasteiger partial charge is 0.465 e. The molecule has 1 aromatic carbocycles. The van der Waals surface area contributed by atoms with Crippen LogP contribution in [-0.2, 0) is 19.1 Å². The molecule has 0 bridgehead atoms. The number of methoxy groups -OCH3 is 2. The molecule has 0 fully saturated rings. The SMILES string of the molecule is COC(=O)C(=O)Nc1c(C(=O)OC)sc2nc(-c3ccc(Br)cc3)cc(C)c12. The van der Waals surface area contributed by atoms with Crippen molar-refractivity contribution in [3.8, 4) is 11.3 Å². The third kappa shape index (κ3) is 3.76. The number of amides is 1. The summed E-state index contributed by atoms with van der Waals surface area (Å²) in [5.41, 5.74) is 2.60. The number of thiophene rings is 1. The smallest absolute Gasteiger partial charge is 0.396 e. The highest BCUT2D eigenvalue weighted by atomic mass is 79.9. The first-order valence-electron chi connectivity index (χ1n) is 8.03. The van der Waals surface area contributed by atoms with Crippen LogP contribution in [0.5, 0.6) is 0 Å². The molecular weight excluding hydrogens is 448 g/mol. The van der Waals surface area contributed by atoms with Gasteiger partial charge in [0.15, 0.2) is 0 Å². The Hall–Kier alpha value is -2.78. The number of nitrogens with one attached hydrogen (secondary N) is 1. The van der Waals surface area contributed by atoms with E-state index in [0.29, 0.717) is 10.2 Å². The number of anilines is 1. The lowest BCUT2D eigenvalue weighted by molar-refractivity contribution is -0.150. The third-order valence-electron chi connectivity index (χ3n) is 3.98. The first-order chi connectivity index (χ1) is 13.3. The van der Waals surface area contributed by atoms with Crippen molar-refractivity contribution in [1.29, 1.82) is 0 Å². The van der Waals surface area contributed by atoms with Crippen LogP contribution in [0.2, 0.25) is 0 Å². The lowest BCUT2D eigenvalue weighted by Gasteiger charge is -2.08. The number of nitrogens with zero attached hydrogens (tertiary/aromatic N) is 1. The zero-order valence-corrected chi connectivity index (χ0v) is 17.6. The van der Waals surface area contributed by atoms with E-state index in [2.05, 4.69) is 31.0 Å². The summed E-state index contributed by atoms with van der Waals surface area (Å²) in [5, 5.41) is 3.03. The normalized spacial score (nSPS) is 10.6. The number of fused-ring (bicyclic) bond motifs is 1. The Morgan fingerprint density at radius 3 is 2.39 bits per heavy atom. The molecule has 1 N–H and O–H groups in total. The fourth-order valence-corrected chi connectivity index (χ4v) is 4.05. The van der Waals surface area contributed by atoms with E-state index in [1.807, 2.05) is 37.3 Å². The zero-order valence-electron chi connectivity index (χ0n) is 15.2. The Morgan fingerprint density at radius 1 is 1.11 bits per heavy atom. The molecule has 7 nitrogen and oxygen atoms in total. The molecular formula is C19H15BrN2O5S. The second-order valence-corrected chi connectivity index (χ2v) is 7.67. The average Bonchev–Trinajstić information content (AvgIpc) is 3.05. The summed E-state index contributed by atoms with van der Waals surface area (Å²) in [7, 11) is 2.35. The van der Waals surface area contributed by atoms with Gasteiger partial charge in [-0.15, -0.1) is 11.3 Å². The number of carbonyl (C=O) groups is 3. The molecule has 0 unspecified atom stereocenters. The highest BCUT2D eigenvalue weighted by Crippen LogP contribution is 2.39. The summed E-state index contributed by atoms with van der Waals surface area (Å²) < 4.78 is 10.2. The lowest BCUT2D eigenvalue weighted by atomic mass is 10.1. The minimum atomic E-state index is -1.06. The standard InChI is InChI=1S/C19H15BrN2O5S/c1-9-8-12(10-4-6-11(20)7-5-10)21-17-13(9)14(15(28-17)18(24)26-2)22-16(23)19(25)27-3/h4-8H,1-3H3,(H,22,23). The highest BCUT2D eigenvalue weighted by molar-refractivity contribution is 9.10. The van der Waals surface area contributed by atoms with Gasteiger partial charge >= 0.3 is 17.8 Å². The first kappa shape index (κ1) is 20.0. The number of aryl methyl sites for hydroxylation is 1. The molecule has 0 saturated heterocycles. The van der Waals surface area contributed by atoms with Crippen molar-refractivity contribution >= 4 is 61.0 Å². The van der Waals surface area contributed by atoms with E-state index in [0.717, 1.165) is 39.7 Å². The molecule has 3 rings (SSSR count). The molecule has 0 aliphatic carbocycles. The van der Waals surface area contributed by atoms with Crippen molar-refractivity contribution in [1.82, 2.24) is 4.98 Å². The topological polar surface area (TPSA) is 94.6 Å². The molecule has 0 radical (unpaired) electrons. The predicted molar refractivity (Wildman–Crippen MR) is 109 cm³/mol. The average molecular weight is 463 g/mol. The molecule has 2 aromatic heterocycles. The number of benzene rings is 1. The summed E-state index contributed by atoms with van der Waals surface area (Å²) >= 11 is 4.48. The van der Waals surface area contributed by atoms with Crippen LogP contribution in [-0.4, -0.2) is 37.0 Å². The number of rotatable bonds is 3. The van der Waals surface area contributed by atoms with E-state index in [1.165, 1.54) is 7.11 Å². The van der Waals surface area contributed by atoms with Crippen LogP contribution in [0.1, 0.15) is 15.2 Å². The van der Waals surface area contributed by atoms with Crippen LogP contribution in [0.4, 0.5) is 5.69 Å². The molecule has 28 heavy (non-hydrogen) atoms. The van der Waals surface area contributed by atoms with Gasteiger partial charge in [-0.3, -0.25) is 4.79 Å². The first-order valence-corrected chi connectivity index (χ1v) is 9.64. The summed E-state index contributed by atoms with van der Waals surface area (Å²) in [6, 6.07) is 9.52. The summed E-state index contributed by atoms with van der Waals surface area (Å²) in [6.45, 7) is 1.84. The zero-order chi connectivity index (χ0) is 20.4. The van der Waals surface area contributed by atoms with Crippen LogP contribution >= 0.6 is 27.3 Å². The summed E-state index contributed by atoms with van der Waals surface area (Å²) in [4.78, 5) is 41.1. The minimum absolute atomic E-state index is 0.151.